The number of hydrogen-bond acceptors (Lipinski definition) is 5. The van der Waals surface area contributed by atoms with Gasteiger partial charge < -0.3 is 10.8 Å². The van der Waals surface area contributed by atoms with E-state index in [4.69, 9.17) is 10.8 Å². The van der Waals surface area contributed by atoms with Gasteiger partial charge in [-0.25, -0.2) is 22.2 Å². The molecule has 0 aliphatic carbocycles. The molecular formula is C12H15N3O4S. The van der Waals surface area contributed by atoms with Gasteiger partial charge in [-0.3, -0.25) is 0 Å². The van der Waals surface area contributed by atoms with E-state index < -0.39 is 16.0 Å². The molecule has 20 heavy (non-hydrogen) atoms. The zero-order chi connectivity index (χ0) is 15.1. The van der Waals surface area contributed by atoms with E-state index in [1.165, 1.54) is 18.2 Å². The Hall–Kier alpha value is -2.09. The molecule has 0 saturated carbocycles. The number of nitrogens with two attached hydrogens (primary N) is 1. The van der Waals surface area contributed by atoms with Crippen molar-refractivity contribution >= 4 is 33.0 Å². The van der Waals surface area contributed by atoms with Gasteiger partial charge in [0.05, 0.1) is 16.8 Å². The van der Waals surface area contributed by atoms with Crippen molar-refractivity contribution in [3.8, 4) is 0 Å². The minimum absolute atomic E-state index is 0.0739. The Kier molecular flexibility index (Phi) is 3.43. The molecule has 1 heterocycles. The molecule has 0 saturated heterocycles. The second-order valence-electron chi connectivity index (χ2n) is 4.89. The van der Waals surface area contributed by atoms with Crippen LogP contribution >= 0.6 is 0 Å². The molecule has 0 fully saturated rings. The summed E-state index contributed by atoms with van der Waals surface area (Å²) in [5.74, 6) is -1.59. The molecule has 0 aliphatic heterocycles. The molecule has 3 N–H and O–H groups in total. The largest absolute Gasteiger partial charge is 0.478 e. The van der Waals surface area contributed by atoms with Gasteiger partial charge in [-0.15, -0.1) is 0 Å². The van der Waals surface area contributed by atoms with E-state index >= 15 is 0 Å². The Morgan fingerprint density at radius 3 is 2.65 bits per heavy atom. The number of benzene rings is 1. The zero-order valence-electron chi connectivity index (χ0n) is 11.1. The van der Waals surface area contributed by atoms with E-state index in [1.54, 1.807) is 13.8 Å². The van der Waals surface area contributed by atoms with Crippen LogP contribution in [0.15, 0.2) is 18.2 Å². The average molecular weight is 297 g/mol. The Morgan fingerprint density at radius 1 is 1.45 bits per heavy atom. The quantitative estimate of drug-likeness (QED) is 0.874. The van der Waals surface area contributed by atoms with Gasteiger partial charge in [0, 0.05) is 0 Å². The fraction of sp³-hybridized carbons (Fsp3) is 0.333. The summed E-state index contributed by atoms with van der Waals surface area (Å²) in [6, 6.07) is 4.31. The molecule has 0 amide bonds. The summed E-state index contributed by atoms with van der Waals surface area (Å²) < 4.78 is 25.5. The number of anilines is 1. The minimum atomic E-state index is -3.68. The van der Waals surface area contributed by atoms with Crippen molar-refractivity contribution in [3.05, 3.63) is 23.8 Å². The number of aromatic carboxylic acids is 1. The molecule has 108 valence electrons. The number of carbonyl (C=O) groups is 1. The summed E-state index contributed by atoms with van der Waals surface area (Å²) in [6.07, 6.45) is 0. The number of hydrogen-bond donors (Lipinski definition) is 2. The highest BCUT2D eigenvalue weighted by atomic mass is 32.2. The van der Waals surface area contributed by atoms with Crippen LogP contribution in [0.2, 0.25) is 0 Å². The maximum absolute atomic E-state index is 12.3. The fourth-order valence-corrected chi connectivity index (χ4v) is 3.82. The molecule has 2 aromatic rings. The fourth-order valence-electron chi connectivity index (χ4n) is 2.06. The molecule has 2 rings (SSSR count). The van der Waals surface area contributed by atoms with Crippen LogP contribution < -0.4 is 5.73 Å². The maximum Gasteiger partial charge on any atom is 0.337 e. The van der Waals surface area contributed by atoms with Gasteiger partial charge in [-0.05, 0) is 18.1 Å². The van der Waals surface area contributed by atoms with Gasteiger partial charge in [0.2, 0.25) is 16.0 Å². The lowest BCUT2D eigenvalue weighted by Crippen LogP contribution is -2.21. The van der Waals surface area contributed by atoms with Crippen LogP contribution in [0.5, 0.6) is 0 Å². The average Bonchev–Trinajstić information content (AvgIpc) is 2.62. The van der Waals surface area contributed by atoms with Gasteiger partial charge in [-0.1, -0.05) is 19.9 Å². The van der Waals surface area contributed by atoms with Crippen molar-refractivity contribution in [2.24, 2.45) is 5.92 Å². The Labute approximate surface area is 116 Å². The first-order chi connectivity index (χ1) is 9.24. The third-order valence-corrected chi connectivity index (χ3v) is 4.75. The zero-order valence-corrected chi connectivity index (χ0v) is 11.9. The van der Waals surface area contributed by atoms with E-state index in [9.17, 15) is 13.2 Å². The number of fused-ring (bicyclic) bond motifs is 1. The Balaban J connectivity index is 2.76. The van der Waals surface area contributed by atoms with Crippen molar-refractivity contribution < 1.29 is 18.3 Å². The molecule has 1 aromatic carbocycles. The molecule has 0 bridgehead atoms. The summed E-state index contributed by atoms with van der Waals surface area (Å²) in [5, 5.41) is 9.09. The summed E-state index contributed by atoms with van der Waals surface area (Å²) in [5.41, 5.74) is 5.85. The van der Waals surface area contributed by atoms with Crippen LogP contribution in [0.4, 0.5) is 5.95 Å². The predicted octanol–water partition coefficient (Wildman–Crippen LogP) is 1.15. The molecule has 0 spiro atoms. The number of rotatable bonds is 4. The summed E-state index contributed by atoms with van der Waals surface area (Å²) >= 11 is 0. The second-order valence-corrected chi connectivity index (χ2v) is 6.75. The van der Waals surface area contributed by atoms with E-state index in [-0.39, 0.29) is 34.2 Å². The van der Waals surface area contributed by atoms with Gasteiger partial charge in [0.25, 0.3) is 0 Å². The molecule has 0 atom stereocenters. The Morgan fingerprint density at radius 2 is 2.10 bits per heavy atom. The SMILES string of the molecule is CC(C)CS(=O)(=O)n1c(N)nc2c(C(=O)O)cccc21. The number of carboxylic acid groups (broad SMARTS) is 1. The topological polar surface area (TPSA) is 115 Å². The normalized spacial score (nSPS) is 12.2. The van der Waals surface area contributed by atoms with Gasteiger partial charge in [-0.2, -0.15) is 0 Å². The minimum Gasteiger partial charge on any atom is -0.478 e. The van der Waals surface area contributed by atoms with E-state index in [0.29, 0.717) is 0 Å². The number of para-hydroxylation sites is 1. The first-order valence-electron chi connectivity index (χ1n) is 5.97. The van der Waals surface area contributed by atoms with Crippen LogP contribution in [0.1, 0.15) is 24.2 Å². The first-order valence-corrected chi connectivity index (χ1v) is 7.58. The lowest BCUT2D eigenvalue weighted by atomic mass is 10.2. The van der Waals surface area contributed by atoms with Crippen LogP contribution in [0.3, 0.4) is 0 Å². The number of nitrogens with zero attached hydrogens (tertiary/aromatic N) is 2. The number of aromatic nitrogens is 2. The molecular weight excluding hydrogens is 282 g/mol. The molecule has 1 aromatic heterocycles. The lowest BCUT2D eigenvalue weighted by molar-refractivity contribution is 0.0699. The van der Waals surface area contributed by atoms with Crippen molar-refractivity contribution in [1.29, 1.82) is 0 Å². The van der Waals surface area contributed by atoms with E-state index in [2.05, 4.69) is 4.98 Å². The molecule has 7 nitrogen and oxygen atoms in total. The van der Waals surface area contributed by atoms with Crippen molar-refractivity contribution in [2.45, 2.75) is 13.8 Å². The standard InChI is InChI=1S/C12H15N3O4S/c1-7(2)6-20(18,19)15-9-5-3-4-8(11(16)17)10(9)14-12(15)13/h3-5,7H,6H2,1-2H3,(H2,13,14)(H,16,17). The first kappa shape index (κ1) is 14.3. The highest BCUT2D eigenvalue weighted by Crippen LogP contribution is 2.24. The van der Waals surface area contributed by atoms with Crippen LogP contribution in [0, 0.1) is 5.92 Å². The van der Waals surface area contributed by atoms with Gasteiger partial charge >= 0.3 is 5.97 Å². The molecule has 0 radical (unpaired) electrons. The van der Waals surface area contributed by atoms with E-state index in [1.807, 2.05) is 0 Å². The van der Waals surface area contributed by atoms with Crippen molar-refractivity contribution in [1.82, 2.24) is 8.96 Å². The predicted molar refractivity (Wildman–Crippen MR) is 75.1 cm³/mol. The maximum atomic E-state index is 12.3. The summed E-state index contributed by atoms with van der Waals surface area (Å²) in [6.45, 7) is 3.55. The highest BCUT2D eigenvalue weighted by molar-refractivity contribution is 7.90. The molecule has 8 heteroatoms. The van der Waals surface area contributed by atoms with Gasteiger partial charge in [0.1, 0.15) is 5.52 Å². The van der Waals surface area contributed by atoms with Crippen LogP contribution in [-0.4, -0.2) is 34.2 Å². The second kappa shape index (κ2) is 4.78. The van der Waals surface area contributed by atoms with E-state index in [0.717, 1.165) is 3.97 Å². The summed E-state index contributed by atoms with van der Waals surface area (Å²) in [4.78, 5) is 15.0. The Bertz CT molecular complexity index is 777. The number of nitrogen functional groups attached to an aromatic ring is 1. The van der Waals surface area contributed by atoms with Crippen molar-refractivity contribution in [3.63, 3.8) is 0 Å². The van der Waals surface area contributed by atoms with Crippen LogP contribution in [-0.2, 0) is 10.0 Å². The smallest absolute Gasteiger partial charge is 0.337 e. The third kappa shape index (κ3) is 2.34. The van der Waals surface area contributed by atoms with Crippen LogP contribution in [0.25, 0.3) is 11.0 Å². The number of imidazole rings is 1. The lowest BCUT2D eigenvalue weighted by Gasteiger charge is -2.10. The third-order valence-electron chi connectivity index (χ3n) is 2.72. The monoisotopic (exact) mass is 297 g/mol. The highest BCUT2D eigenvalue weighted by Gasteiger charge is 2.24. The molecule has 0 aliphatic rings. The number of carboxylic acids is 1. The summed E-state index contributed by atoms with van der Waals surface area (Å²) in [7, 11) is -3.68. The van der Waals surface area contributed by atoms with Gasteiger partial charge in [0.15, 0.2) is 0 Å². The molecule has 0 unspecified atom stereocenters. The van der Waals surface area contributed by atoms with Crippen molar-refractivity contribution in [2.75, 3.05) is 11.5 Å².